The molecule has 1 aromatic rings. The largest absolute Gasteiger partial charge is 0.381 e. The molecule has 0 unspecified atom stereocenters. The number of nitrogens with two attached hydrogens (primary N) is 1. The minimum Gasteiger partial charge on any atom is -0.381 e. The number of halogens is 1. The predicted molar refractivity (Wildman–Crippen MR) is 61.3 cm³/mol. The van der Waals surface area contributed by atoms with Gasteiger partial charge in [-0.2, -0.15) is 15.0 Å². The van der Waals surface area contributed by atoms with Crippen molar-refractivity contribution >= 4 is 23.5 Å². The van der Waals surface area contributed by atoms with Gasteiger partial charge in [0.05, 0.1) is 0 Å². The molecule has 1 aliphatic heterocycles. The molecule has 2 heterocycles. The number of ether oxygens (including phenoxy) is 1. The van der Waals surface area contributed by atoms with Gasteiger partial charge in [0.25, 0.3) is 0 Å². The molecule has 0 spiro atoms. The average molecular weight is 244 g/mol. The van der Waals surface area contributed by atoms with Crippen LogP contribution in [0.3, 0.4) is 0 Å². The molecule has 88 valence electrons. The number of aromatic nitrogens is 3. The van der Waals surface area contributed by atoms with E-state index in [4.69, 9.17) is 22.1 Å². The van der Waals surface area contributed by atoms with Crippen LogP contribution in [0.2, 0.25) is 5.28 Å². The Kier molecular flexibility index (Phi) is 3.11. The lowest BCUT2D eigenvalue weighted by Gasteiger charge is -2.34. The predicted octanol–water partition coefficient (Wildman–Crippen LogP) is 1.09. The molecule has 1 aromatic heterocycles. The molecule has 0 atom stereocenters. The number of nitrogen functional groups attached to an aromatic ring is 1. The van der Waals surface area contributed by atoms with Gasteiger partial charge in [-0.1, -0.05) is 0 Å². The smallest absolute Gasteiger partial charge is 0.229 e. The third-order valence-corrected chi connectivity index (χ3v) is 2.80. The van der Waals surface area contributed by atoms with E-state index >= 15 is 0 Å². The highest BCUT2D eigenvalue weighted by Gasteiger charge is 2.28. The molecule has 0 radical (unpaired) electrons. The van der Waals surface area contributed by atoms with Crippen LogP contribution in [-0.4, -0.2) is 33.7 Å². The van der Waals surface area contributed by atoms with E-state index in [2.05, 4.69) is 27.2 Å². The van der Waals surface area contributed by atoms with Crippen molar-refractivity contribution in [1.29, 1.82) is 0 Å². The van der Waals surface area contributed by atoms with Crippen molar-refractivity contribution < 1.29 is 4.74 Å². The van der Waals surface area contributed by atoms with Crippen molar-refractivity contribution in [2.75, 3.05) is 24.3 Å². The third kappa shape index (κ3) is 2.70. The Morgan fingerprint density at radius 3 is 2.62 bits per heavy atom. The van der Waals surface area contributed by atoms with Crippen LogP contribution in [0.4, 0.5) is 11.9 Å². The van der Waals surface area contributed by atoms with Gasteiger partial charge < -0.3 is 15.8 Å². The zero-order chi connectivity index (χ0) is 11.6. The molecule has 1 saturated heterocycles. The maximum Gasteiger partial charge on any atom is 0.229 e. The SMILES string of the molecule is CC1(Nc2nc(N)nc(Cl)n2)CCOCC1. The van der Waals surface area contributed by atoms with Gasteiger partial charge in [-0.05, 0) is 31.4 Å². The summed E-state index contributed by atoms with van der Waals surface area (Å²) in [5.41, 5.74) is 5.42. The lowest BCUT2D eigenvalue weighted by Crippen LogP contribution is -2.41. The second kappa shape index (κ2) is 4.39. The fourth-order valence-electron chi connectivity index (χ4n) is 1.64. The van der Waals surface area contributed by atoms with Crippen LogP contribution in [-0.2, 0) is 4.74 Å². The first-order valence-corrected chi connectivity index (χ1v) is 5.48. The van der Waals surface area contributed by atoms with Crippen LogP contribution in [0, 0.1) is 0 Å². The Labute approximate surface area is 98.6 Å². The minimum atomic E-state index is -0.0740. The highest BCUT2D eigenvalue weighted by Crippen LogP contribution is 2.24. The van der Waals surface area contributed by atoms with E-state index in [-0.39, 0.29) is 16.8 Å². The number of anilines is 2. The van der Waals surface area contributed by atoms with E-state index < -0.39 is 0 Å². The summed E-state index contributed by atoms with van der Waals surface area (Å²) in [4.78, 5) is 11.7. The van der Waals surface area contributed by atoms with Crippen molar-refractivity contribution in [3.8, 4) is 0 Å². The van der Waals surface area contributed by atoms with Gasteiger partial charge in [0.15, 0.2) is 0 Å². The summed E-state index contributed by atoms with van der Waals surface area (Å²) in [6.07, 6.45) is 1.80. The number of nitrogens with one attached hydrogen (secondary N) is 1. The van der Waals surface area contributed by atoms with Crippen LogP contribution in [0.1, 0.15) is 19.8 Å². The second-order valence-corrected chi connectivity index (χ2v) is 4.42. The van der Waals surface area contributed by atoms with Gasteiger partial charge in [0.2, 0.25) is 17.2 Å². The van der Waals surface area contributed by atoms with E-state index in [1.165, 1.54) is 0 Å². The highest BCUT2D eigenvalue weighted by atomic mass is 35.5. The first kappa shape index (κ1) is 11.3. The average Bonchev–Trinajstić information content (AvgIpc) is 2.15. The van der Waals surface area contributed by atoms with Crippen molar-refractivity contribution in [2.24, 2.45) is 0 Å². The van der Waals surface area contributed by atoms with E-state index in [0.29, 0.717) is 5.95 Å². The summed E-state index contributed by atoms with van der Waals surface area (Å²) >= 11 is 5.71. The van der Waals surface area contributed by atoms with E-state index in [1.807, 2.05) is 0 Å². The quantitative estimate of drug-likeness (QED) is 0.809. The zero-order valence-electron chi connectivity index (χ0n) is 9.03. The first-order valence-electron chi connectivity index (χ1n) is 5.10. The Bertz CT molecular complexity index is 360. The van der Waals surface area contributed by atoms with Gasteiger partial charge in [-0.15, -0.1) is 0 Å². The number of rotatable bonds is 2. The topological polar surface area (TPSA) is 86.0 Å². The number of hydrogen-bond acceptors (Lipinski definition) is 6. The summed E-state index contributed by atoms with van der Waals surface area (Å²) in [6, 6.07) is 0. The molecule has 0 aromatic carbocycles. The van der Waals surface area contributed by atoms with Crippen molar-refractivity contribution in [3.05, 3.63) is 5.28 Å². The van der Waals surface area contributed by atoms with Crippen LogP contribution < -0.4 is 11.1 Å². The lowest BCUT2D eigenvalue weighted by atomic mass is 9.93. The molecule has 7 heteroatoms. The number of hydrogen-bond donors (Lipinski definition) is 2. The normalized spacial score (nSPS) is 19.4. The van der Waals surface area contributed by atoms with Crippen LogP contribution in [0.15, 0.2) is 0 Å². The molecule has 0 bridgehead atoms. The van der Waals surface area contributed by atoms with Crippen LogP contribution in [0.25, 0.3) is 0 Å². The molecule has 0 saturated carbocycles. The highest BCUT2D eigenvalue weighted by molar-refractivity contribution is 6.28. The first-order chi connectivity index (χ1) is 7.57. The summed E-state index contributed by atoms with van der Waals surface area (Å²) < 4.78 is 5.31. The maximum absolute atomic E-state index is 5.71. The summed E-state index contributed by atoms with van der Waals surface area (Å²) in [6.45, 7) is 3.57. The standard InChI is InChI=1S/C9H14ClN5O/c1-9(2-4-16-5-3-9)15-8-13-6(10)12-7(11)14-8/h2-5H2,1H3,(H3,11,12,13,14,15). The fraction of sp³-hybridized carbons (Fsp3) is 0.667. The van der Waals surface area contributed by atoms with Crippen molar-refractivity contribution in [2.45, 2.75) is 25.3 Å². The van der Waals surface area contributed by atoms with Gasteiger partial charge in [0.1, 0.15) is 0 Å². The van der Waals surface area contributed by atoms with Gasteiger partial charge in [-0.3, -0.25) is 0 Å². The maximum atomic E-state index is 5.71. The van der Waals surface area contributed by atoms with E-state index in [1.54, 1.807) is 0 Å². The fourth-order valence-corrected chi connectivity index (χ4v) is 1.80. The van der Waals surface area contributed by atoms with Crippen LogP contribution >= 0.6 is 11.6 Å². The lowest BCUT2D eigenvalue weighted by molar-refractivity contribution is 0.0656. The molecular formula is C9H14ClN5O. The van der Waals surface area contributed by atoms with Gasteiger partial charge in [-0.25, -0.2) is 0 Å². The molecular weight excluding hydrogens is 230 g/mol. The third-order valence-electron chi connectivity index (χ3n) is 2.64. The molecule has 1 aliphatic rings. The Balaban J connectivity index is 2.13. The Morgan fingerprint density at radius 1 is 1.31 bits per heavy atom. The number of nitrogens with zero attached hydrogens (tertiary/aromatic N) is 3. The van der Waals surface area contributed by atoms with Gasteiger partial charge in [0, 0.05) is 18.8 Å². The van der Waals surface area contributed by atoms with Crippen LogP contribution in [0.5, 0.6) is 0 Å². The molecule has 6 nitrogen and oxygen atoms in total. The molecule has 1 fully saturated rings. The van der Waals surface area contributed by atoms with E-state index in [9.17, 15) is 0 Å². The Morgan fingerprint density at radius 2 is 2.00 bits per heavy atom. The molecule has 3 N–H and O–H groups in total. The molecule has 16 heavy (non-hydrogen) atoms. The van der Waals surface area contributed by atoms with E-state index in [0.717, 1.165) is 26.1 Å². The summed E-state index contributed by atoms with van der Waals surface area (Å²) in [7, 11) is 0. The zero-order valence-corrected chi connectivity index (χ0v) is 9.79. The minimum absolute atomic E-state index is 0.0740. The van der Waals surface area contributed by atoms with Gasteiger partial charge >= 0.3 is 0 Å². The monoisotopic (exact) mass is 243 g/mol. The summed E-state index contributed by atoms with van der Waals surface area (Å²) in [5.74, 6) is 0.542. The second-order valence-electron chi connectivity index (χ2n) is 4.08. The molecule has 2 rings (SSSR count). The summed E-state index contributed by atoms with van der Waals surface area (Å²) in [5, 5.41) is 3.33. The molecule has 0 aliphatic carbocycles. The Hall–Kier alpha value is -1.14. The van der Waals surface area contributed by atoms with Crippen molar-refractivity contribution in [1.82, 2.24) is 15.0 Å². The molecule has 0 amide bonds. The van der Waals surface area contributed by atoms with Crippen molar-refractivity contribution in [3.63, 3.8) is 0 Å².